The molecule has 3 nitrogen and oxygen atoms in total. The molecule has 0 bridgehead atoms. The molecule has 0 fully saturated rings. The monoisotopic (exact) mass is 278 g/mol. The van der Waals surface area contributed by atoms with Crippen LogP contribution in [-0.2, 0) is 0 Å². The Labute approximate surface area is 115 Å². The number of benzene rings is 2. The molecular weight excluding hydrogens is 267 g/mol. The van der Waals surface area contributed by atoms with E-state index in [-0.39, 0.29) is 16.5 Å². The predicted molar refractivity (Wildman–Crippen MR) is 75.0 cm³/mol. The Balaban J connectivity index is 2.26. The fraction of sp³-hybridized carbons (Fsp3) is 0.0714. The van der Waals surface area contributed by atoms with Crippen LogP contribution in [0.4, 0.5) is 15.8 Å². The smallest absolute Gasteiger partial charge is 0.255 e. The number of carbonyl (C=O) groups is 1. The van der Waals surface area contributed by atoms with E-state index in [1.54, 1.807) is 18.2 Å². The van der Waals surface area contributed by atoms with Crippen LogP contribution in [0.2, 0.25) is 5.02 Å². The van der Waals surface area contributed by atoms with E-state index in [4.69, 9.17) is 17.3 Å². The molecule has 2 aromatic carbocycles. The molecule has 0 aliphatic heterocycles. The second-order valence-corrected chi connectivity index (χ2v) is 4.51. The predicted octanol–water partition coefficient (Wildman–Crippen LogP) is 3.62. The molecule has 0 aliphatic rings. The van der Waals surface area contributed by atoms with Crippen molar-refractivity contribution in [1.82, 2.24) is 0 Å². The molecule has 1 amide bonds. The zero-order valence-electron chi connectivity index (χ0n) is 10.2. The first-order chi connectivity index (χ1) is 8.99. The lowest BCUT2D eigenvalue weighted by atomic mass is 10.1. The van der Waals surface area contributed by atoms with E-state index in [1.807, 2.05) is 6.92 Å². The number of halogens is 2. The van der Waals surface area contributed by atoms with Crippen molar-refractivity contribution in [1.29, 1.82) is 0 Å². The number of nitrogens with one attached hydrogen (secondary N) is 1. The molecule has 0 saturated carbocycles. The van der Waals surface area contributed by atoms with Gasteiger partial charge in [0.15, 0.2) is 0 Å². The zero-order valence-corrected chi connectivity index (χ0v) is 11.0. The third kappa shape index (κ3) is 2.85. The van der Waals surface area contributed by atoms with E-state index in [0.29, 0.717) is 11.4 Å². The largest absolute Gasteiger partial charge is 0.398 e. The van der Waals surface area contributed by atoms with Crippen LogP contribution in [0.3, 0.4) is 0 Å². The molecule has 0 aliphatic carbocycles. The summed E-state index contributed by atoms with van der Waals surface area (Å²) in [6.07, 6.45) is 0. The molecule has 19 heavy (non-hydrogen) atoms. The van der Waals surface area contributed by atoms with Gasteiger partial charge in [0.25, 0.3) is 5.91 Å². The maximum atomic E-state index is 13.0. The average molecular weight is 279 g/mol. The van der Waals surface area contributed by atoms with Gasteiger partial charge in [-0.05, 0) is 42.8 Å². The normalized spacial score (nSPS) is 10.3. The quantitative estimate of drug-likeness (QED) is 0.824. The Kier molecular flexibility index (Phi) is 3.71. The van der Waals surface area contributed by atoms with Gasteiger partial charge >= 0.3 is 0 Å². The van der Waals surface area contributed by atoms with Crippen molar-refractivity contribution in [2.45, 2.75) is 6.92 Å². The van der Waals surface area contributed by atoms with Crippen molar-refractivity contribution in [3.63, 3.8) is 0 Å². The molecule has 0 spiro atoms. The van der Waals surface area contributed by atoms with Crippen molar-refractivity contribution in [3.8, 4) is 0 Å². The van der Waals surface area contributed by atoms with E-state index in [9.17, 15) is 9.18 Å². The summed E-state index contributed by atoms with van der Waals surface area (Å²) in [5, 5.41) is 2.63. The summed E-state index contributed by atoms with van der Waals surface area (Å²) in [6.45, 7) is 1.81. The van der Waals surface area contributed by atoms with Gasteiger partial charge in [-0.25, -0.2) is 4.39 Å². The number of nitrogens with two attached hydrogens (primary N) is 1. The standard InChI is InChI=1S/C14H12ClFN2O/c1-8-12(17)3-2-4-13(8)18-14(19)9-5-6-11(16)10(15)7-9/h2-7H,17H2,1H3,(H,18,19). The zero-order chi connectivity index (χ0) is 14.0. The molecule has 0 radical (unpaired) electrons. The van der Waals surface area contributed by atoms with Gasteiger partial charge in [0.2, 0.25) is 0 Å². The topological polar surface area (TPSA) is 55.1 Å². The average Bonchev–Trinajstić information content (AvgIpc) is 2.38. The molecule has 98 valence electrons. The minimum Gasteiger partial charge on any atom is -0.398 e. The second kappa shape index (κ2) is 5.28. The van der Waals surface area contributed by atoms with Crippen molar-refractivity contribution in [2.75, 3.05) is 11.1 Å². The first kappa shape index (κ1) is 13.4. The van der Waals surface area contributed by atoms with Crippen LogP contribution >= 0.6 is 11.6 Å². The van der Waals surface area contributed by atoms with Crippen LogP contribution in [0.25, 0.3) is 0 Å². The minimum atomic E-state index is -0.557. The minimum absolute atomic E-state index is 0.0862. The molecule has 2 rings (SSSR count). The molecule has 2 aromatic rings. The van der Waals surface area contributed by atoms with E-state index in [2.05, 4.69) is 5.32 Å². The molecule has 0 saturated heterocycles. The Morgan fingerprint density at radius 2 is 2.05 bits per heavy atom. The first-order valence-electron chi connectivity index (χ1n) is 5.60. The molecular formula is C14H12ClFN2O. The highest BCUT2D eigenvalue weighted by atomic mass is 35.5. The summed E-state index contributed by atoms with van der Waals surface area (Å²) < 4.78 is 13.0. The van der Waals surface area contributed by atoms with Gasteiger partial charge in [0.05, 0.1) is 5.02 Å². The van der Waals surface area contributed by atoms with Gasteiger partial charge < -0.3 is 11.1 Å². The van der Waals surface area contributed by atoms with E-state index < -0.39 is 5.82 Å². The van der Waals surface area contributed by atoms with Gasteiger partial charge in [-0.3, -0.25) is 4.79 Å². The fourth-order valence-electron chi connectivity index (χ4n) is 1.62. The number of anilines is 2. The highest BCUT2D eigenvalue weighted by molar-refractivity contribution is 6.31. The lowest BCUT2D eigenvalue weighted by Gasteiger charge is -2.10. The van der Waals surface area contributed by atoms with Gasteiger partial charge in [-0.1, -0.05) is 17.7 Å². The number of hydrogen-bond acceptors (Lipinski definition) is 2. The Morgan fingerprint density at radius 3 is 2.74 bits per heavy atom. The summed E-state index contributed by atoms with van der Waals surface area (Å²) in [5.41, 5.74) is 8.03. The van der Waals surface area contributed by atoms with Crippen LogP contribution < -0.4 is 11.1 Å². The highest BCUT2D eigenvalue weighted by Crippen LogP contribution is 2.22. The van der Waals surface area contributed by atoms with E-state index in [0.717, 1.165) is 11.6 Å². The highest BCUT2D eigenvalue weighted by Gasteiger charge is 2.10. The number of hydrogen-bond donors (Lipinski definition) is 2. The number of carbonyl (C=O) groups excluding carboxylic acids is 1. The Bertz CT molecular complexity index is 643. The lowest BCUT2D eigenvalue weighted by molar-refractivity contribution is 0.102. The molecule has 3 N–H and O–H groups in total. The molecule has 0 atom stereocenters. The maximum Gasteiger partial charge on any atom is 0.255 e. The van der Waals surface area contributed by atoms with Gasteiger partial charge in [-0.15, -0.1) is 0 Å². The third-order valence-corrected chi connectivity index (χ3v) is 3.10. The van der Waals surface area contributed by atoms with Crippen molar-refractivity contribution < 1.29 is 9.18 Å². The second-order valence-electron chi connectivity index (χ2n) is 4.10. The van der Waals surface area contributed by atoms with Crippen LogP contribution in [-0.4, -0.2) is 5.91 Å². The maximum absolute atomic E-state index is 13.0. The van der Waals surface area contributed by atoms with Gasteiger partial charge in [0, 0.05) is 16.9 Å². The van der Waals surface area contributed by atoms with Crippen molar-refractivity contribution in [3.05, 3.63) is 58.4 Å². The molecule has 5 heteroatoms. The summed E-state index contributed by atoms with van der Waals surface area (Å²) in [6, 6.07) is 9.06. The number of nitrogen functional groups attached to an aromatic ring is 1. The SMILES string of the molecule is Cc1c(N)cccc1NC(=O)c1ccc(F)c(Cl)c1. The summed E-state index contributed by atoms with van der Waals surface area (Å²) in [5.74, 6) is -0.922. The van der Waals surface area contributed by atoms with Crippen LogP contribution in [0.15, 0.2) is 36.4 Å². The lowest BCUT2D eigenvalue weighted by Crippen LogP contribution is -2.13. The third-order valence-electron chi connectivity index (χ3n) is 2.81. The van der Waals surface area contributed by atoms with Gasteiger partial charge in [0.1, 0.15) is 5.82 Å². The number of rotatable bonds is 2. The van der Waals surface area contributed by atoms with Crippen molar-refractivity contribution >= 4 is 28.9 Å². The summed E-state index contributed by atoms with van der Waals surface area (Å²) >= 11 is 5.64. The van der Waals surface area contributed by atoms with E-state index >= 15 is 0 Å². The molecule has 0 aromatic heterocycles. The first-order valence-corrected chi connectivity index (χ1v) is 5.98. The summed E-state index contributed by atoms with van der Waals surface area (Å²) in [7, 11) is 0. The fourth-order valence-corrected chi connectivity index (χ4v) is 1.80. The van der Waals surface area contributed by atoms with Crippen molar-refractivity contribution in [2.24, 2.45) is 0 Å². The molecule has 0 heterocycles. The number of amides is 1. The van der Waals surface area contributed by atoms with Crippen LogP contribution in [0, 0.1) is 12.7 Å². The Morgan fingerprint density at radius 1 is 1.32 bits per heavy atom. The van der Waals surface area contributed by atoms with Crippen LogP contribution in [0.1, 0.15) is 15.9 Å². The molecule has 0 unspecified atom stereocenters. The summed E-state index contributed by atoms with van der Waals surface area (Å²) in [4.78, 5) is 12.0. The van der Waals surface area contributed by atoms with E-state index in [1.165, 1.54) is 12.1 Å². The van der Waals surface area contributed by atoms with Gasteiger partial charge in [-0.2, -0.15) is 0 Å². The van der Waals surface area contributed by atoms with Crippen LogP contribution in [0.5, 0.6) is 0 Å². The Hall–Kier alpha value is -2.07.